The van der Waals surface area contributed by atoms with Crippen molar-refractivity contribution in [3.8, 4) is 11.7 Å². The van der Waals surface area contributed by atoms with E-state index in [0.29, 0.717) is 11.5 Å². The summed E-state index contributed by atoms with van der Waals surface area (Å²) in [6, 6.07) is 6.91. The zero-order valence-electron chi connectivity index (χ0n) is 6.57. The van der Waals surface area contributed by atoms with Gasteiger partial charge in [0, 0.05) is 11.5 Å². The Balaban J connectivity index is 2.74. The van der Waals surface area contributed by atoms with Crippen molar-refractivity contribution in [2.75, 3.05) is 7.11 Å². The Morgan fingerprint density at radius 2 is 2.25 bits per heavy atom. The van der Waals surface area contributed by atoms with E-state index in [1.54, 1.807) is 18.2 Å². The number of fused-ring (bicyclic) bond motifs is 1. The van der Waals surface area contributed by atoms with Crippen LogP contribution in [0.3, 0.4) is 0 Å². The number of hydrogen-bond donors (Lipinski definition) is 1. The number of phenols is 1. The number of aromatic hydroxyl groups is 1. The van der Waals surface area contributed by atoms with Gasteiger partial charge in [-0.25, -0.2) is 0 Å². The van der Waals surface area contributed by atoms with Crippen LogP contribution >= 0.6 is 0 Å². The standard InChI is InChI=1S/C9H8O3/c1-11-8-5-6-3-2-4-7(10)9(6)12-8/h2-5,10H,1H3. The maximum Gasteiger partial charge on any atom is 0.285 e. The van der Waals surface area contributed by atoms with E-state index in [4.69, 9.17) is 9.15 Å². The van der Waals surface area contributed by atoms with Crippen LogP contribution in [0, 0.1) is 0 Å². The molecular weight excluding hydrogens is 156 g/mol. The topological polar surface area (TPSA) is 42.6 Å². The van der Waals surface area contributed by atoms with E-state index in [1.165, 1.54) is 7.11 Å². The zero-order valence-corrected chi connectivity index (χ0v) is 6.57. The highest BCUT2D eigenvalue weighted by Gasteiger charge is 2.06. The minimum absolute atomic E-state index is 0.135. The van der Waals surface area contributed by atoms with E-state index in [1.807, 2.05) is 6.07 Å². The normalized spacial score (nSPS) is 10.4. The second-order valence-electron chi connectivity index (χ2n) is 2.47. The van der Waals surface area contributed by atoms with E-state index in [-0.39, 0.29) is 5.75 Å². The number of ether oxygens (including phenoxy) is 1. The highest BCUT2D eigenvalue weighted by atomic mass is 16.6. The van der Waals surface area contributed by atoms with Gasteiger partial charge in [-0.05, 0) is 6.07 Å². The number of para-hydroxylation sites is 1. The smallest absolute Gasteiger partial charge is 0.285 e. The van der Waals surface area contributed by atoms with Crippen LogP contribution in [0.5, 0.6) is 11.7 Å². The molecule has 2 rings (SSSR count). The van der Waals surface area contributed by atoms with E-state index >= 15 is 0 Å². The SMILES string of the molecule is COc1cc2cccc(O)c2o1. The third kappa shape index (κ3) is 0.906. The maximum absolute atomic E-state index is 9.33. The van der Waals surface area contributed by atoms with Crippen LogP contribution in [0.4, 0.5) is 0 Å². The van der Waals surface area contributed by atoms with E-state index in [9.17, 15) is 5.11 Å². The molecule has 0 aliphatic heterocycles. The molecule has 62 valence electrons. The average molecular weight is 164 g/mol. The summed E-state index contributed by atoms with van der Waals surface area (Å²) in [4.78, 5) is 0. The van der Waals surface area contributed by atoms with Crippen LogP contribution in [0.2, 0.25) is 0 Å². The molecule has 1 aromatic heterocycles. The molecule has 0 unspecified atom stereocenters. The monoisotopic (exact) mass is 164 g/mol. The number of benzene rings is 1. The lowest BCUT2D eigenvalue weighted by Gasteiger charge is -1.90. The molecule has 12 heavy (non-hydrogen) atoms. The number of phenolic OH excluding ortho intramolecular Hbond substituents is 1. The van der Waals surface area contributed by atoms with Gasteiger partial charge in [0.1, 0.15) is 0 Å². The van der Waals surface area contributed by atoms with E-state index in [0.717, 1.165) is 5.39 Å². The van der Waals surface area contributed by atoms with Crippen LogP contribution in [0.25, 0.3) is 11.0 Å². The van der Waals surface area contributed by atoms with Crippen molar-refractivity contribution in [3.63, 3.8) is 0 Å². The Kier molecular flexibility index (Phi) is 1.43. The van der Waals surface area contributed by atoms with E-state index < -0.39 is 0 Å². The fourth-order valence-electron chi connectivity index (χ4n) is 1.12. The van der Waals surface area contributed by atoms with Crippen molar-refractivity contribution in [1.29, 1.82) is 0 Å². The molecule has 0 radical (unpaired) electrons. The average Bonchev–Trinajstić information content (AvgIpc) is 2.49. The number of hydrogen-bond acceptors (Lipinski definition) is 3. The molecule has 1 N–H and O–H groups in total. The first kappa shape index (κ1) is 7.03. The molecule has 0 aliphatic rings. The molecule has 0 bridgehead atoms. The second-order valence-corrected chi connectivity index (χ2v) is 2.47. The molecule has 0 fully saturated rings. The van der Waals surface area contributed by atoms with Gasteiger partial charge >= 0.3 is 0 Å². The molecule has 0 saturated heterocycles. The van der Waals surface area contributed by atoms with Crippen molar-refractivity contribution in [2.24, 2.45) is 0 Å². The lowest BCUT2D eigenvalue weighted by Crippen LogP contribution is -1.75. The van der Waals surface area contributed by atoms with Gasteiger partial charge in [0.25, 0.3) is 5.95 Å². The van der Waals surface area contributed by atoms with Crippen molar-refractivity contribution in [3.05, 3.63) is 24.3 Å². The summed E-state index contributed by atoms with van der Waals surface area (Å²) in [5.41, 5.74) is 0.467. The van der Waals surface area contributed by atoms with Crippen molar-refractivity contribution < 1.29 is 14.3 Å². The van der Waals surface area contributed by atoms with Gasteiger partial charge < -0.3 is 14.3 Å². The Morgan fingerprint density at radius 1 is 1.42 bits per heavy atom. The first-order valence-electron chi connectivity index (χ1n) is 3.57. The van der Waals surface area contributed by atoms with E-state index in [2.05, 4.69) is 0 Å². The van der Waals surface area contributed by atoms with Crippen molar-refractivity contribution in [2.45, 2.75) is 0 Å². The quantitative estimate of drug-likeness (QED) is 0.702. The lowest BCUT2D eigenvalue weighted by atomic mass is 10.2. The first-order valence-corrected chi connectivity index (χ1v) is 3.57. The highest BCUT2D eigenvalue weighted by Crippen LogP contribution is 2.30. The maximum atomic E-state index is 9.33. The Labute approximate surface area is 69.2 Å². The third-order valence-corrected chi connectivity index (χ3v) is 1.70. The molecule has 3 heteroatoms. The molecule has 2 aromatic rings. The van der Waals surface area contributed by atoms with Gasteiger partial charge in [0.15, 0.2) is 11.3 Å². The summed E-state index contributed by atoms with van der Waals surface area (Å²) in [6.07, 6.45) is 0. The minimum Gasteiger partial charge on any atom is -0.504 e. The molecule has 1 heterocycles. The Hall–Kier alpha value is -1.64. The number of rotatable bonds is 1. The fraction of sp³-hybridized carbons (Fsp3) is 0.111. The predicted octanol–water partition coefficient (Wildman–Crippen LogP) is 2.15. The van der Waals surface area contributed by atoms with Crippen molar-refractivity contribution in [1.82, 2.24) is 0 Å². The van der Waals surface area contributed by atoms with Gasteiger partial charge in [0.05, 0.1) is 7.11 Å². The van der Waals surface area contributed by atoms with Crippen LogP contribution in [-0.2, 0) is 0 Å². The third-order valence-electron chi connectivity index (χ3n) is 1.70. The predicted molar refractivity (Wildman–Crippen MR) is 44.4 cm³/mol. The second kappa shape index (κ2) is 2.44. The van der Waals surface area contributed by atoms with Crippen LogP contribution in [0.15, 0.2) is 28.7 Å². The van der Waals surface area contributed by atoms with Gasteiger partial charge in [-0.1, -0.05) is 12.1 Å². The zero-order chi connectivity index (χ0) is 8.55. The molecular formula is C9H8O3. The molecule has 0 spiro atoms. The molecule has 0 saturated carbocycles. The molecule has 1 aromatic carbocycles. The summed E-state index contributed by atoms with van der Waals surface area (Å²) in [5, 5.41) is 10.2. The minimum atomic E-state index is 0.135. The first-order chi connectivity index (χ1) is 5.81. The molecule has 3 nitrogen and oxygen atoms in total. The summed E-state index contributed by atoms with van der Waals surface area (Å²) in [5.74, 6) is 0.544. The van der Waals surface area contributed by atoms with Gasteiger partial charge in [-0.15, -0.1) is 0 Å². The number of methoxy groups -OCH3 is 1. The summed E-state index contributed by atoms with van der Waals surface area (Å²) >= 11 is 0. The van der Waals surface area contributed by atoms with Crippen molar-refractivity contribution >= 4 is 11.0 Å². The lowest BCUT2D eigenvalue weighted by molar-refractivity contribution is 0.312. The summed E-state index contributed by atoms with van der Waals surface area (Å²) < 4.78 is 10.1. The molecule has 0 amide bonds. The number of furan rings is 1. The summed E-state index contributed by atoms with van der Waals surface area (Å²) in [6.45, 7) is 0. The fourth-order valence-corrected chi connectivity index (χ4v) is 1.12. The van der Waals surface area contributed by atoms with Crippen LogP contribution < -0.4 is 4.74 Å². The highest BCUT2D eigenvalue weighted by molar-refractivity contribution is 5.83. The Bertz CT molecular complexity index is 403. The van der Waals surface area contributed by atoms with Crippen LogP contribution in [0.1, 0.15) is 0 Å². The van der Waals surface area contributed by atoms with Gasteiger partial charge in [-0.3, -0.25) is 0 Å². The largest absolute Gasteiger partial charge is 0.504 e. The Morgan fingerprint density at radius 3 is 2.92 bits per heavy atom. The summed E-state index contributed by atoms with van der Waals surface area (Å²) in [7, 11) is 1.52. The van der Waals surface area contributed by atoms with Crippen LogP contribution in [-0.4, -0.2) is 12.2 Å². The van der Waals surface area contributed by atoms with Gasteiger partial charge in [0.2, 0.25) is 0 Å². The molecule has 0 aliphatic carbocycles. The molecule has 0 atom stereocenters. The van der Waals surface area contributed by atoms with Gasteiger partial charge in [-0.2, -0.15) is 0 Å².